The van der Waals surface area contributed by atoms with Crippen LogP contribution in [0.15, 0.2) is 44.3 Å². The predicted octanol–water partition coefficient (Wildman–Crippen LogP) is 4.88. The first-order valence-electron chi connectivity index (χ1n) is 9.85. The van der Waals surface area contributed by atoms with Crippen molar-refractivity contribution in [2.45, 2.75) is 63.3 Å². The fraction of sp³-hybridized carbons (Fsp3) is 0.455. The van der Waals surface area contributed by atoms with Gasteiger partial charge in [0.15, 0.2) is 0 Å². The van der Waals surface area contributed by atoms with E-state index in [1.54, 1.807) is 12.1 Å². The fourth-order valence-corrected chi connectivity index (χ4v) is 4.64. The van der Waals surface area contributed by atoms with E-state index >= 15 is 0 Å². The SMILES string of the molecule is O=c1c2ccccc2oc2cc(C3CCC3)n(C3CCCCC3)c(=O)c12. The van der Waals surface area contributed by atoms with E-state index in [1.165, 1.54) is 12.8 Å². The Balaban J connectivity index is 1.84. The lowest BCUT2D eigenvalue weighted by atomic mass is 9.81. The third-order valence-electron chi connectivity index (χ3n) is 6.28. The minimum Gasteiger partial charge on any atom is -0.456 e. The zero-order chi connectivity index (χ0) is 17.7. The van der Waals surface area contributed by atoms with Crippen molar-refractivity contribution in [2.24, 2.45) is 0 Å². The molecule has 26 heavy (non-hydrogen) atoms. The molecule has 0 bridgehead atoms. The Morgan fingerprint density at radius 3 is 2.38 bits per heavy atom. The average molecular weight is 349 g/mol. The molecule has 0 atom stereocenters. The summed E-state index contributed by atoms with van der Waals surface area (Å²) in [4.78, 5) is 26.5. The van der Waals surface area contributed by atoms with Crippen molar-refractivity contribution < 1.29 is 4.42 Å². The van der Waals surface area contributed by atoms with Gasteiger partial charge in [0.1, 0.15) is 16.6 Å². The number of rotatable bonds is 2. The molecular weight excluding hydrogens is 326 g/mol. The predicted molar refractivity (Wildman–Crippen MR) is 103 cm³/mol. The highest BCUT2D eigenvalue weighted by Gasteiger charge is 2.29. The minimum absolute atomic E-state index is 0.143. The zero-order valence-electron chi connectivity index (χ0n) is 14.9. The van der Waals surface area contributed by atoms with E-state index in [0.717, 1.165) is 44.2 Å². The Labute approximate surface area is 151 Å². The van der Waals surface area contributed by atoms with Gasteiger partial charge in [0.25, 0.3) is 5.56 Å². The Kier molecular flexibility index (Phi) is 3.73. The molecule has 2 saturated carbocycles. The Morgan fingerprint density at radius 1 is 0.885 bits per heavy atom. The molecule has 2 aromatic heterocycles. The van der Waals surface area contributed by atoms with Gasteiger partial charge in [0.2, 0.25) is 5.43 Å². The zero-order valence-corrected chi connectivity index (χ0v) is 14.9. The van der Waals surface area contributed by atoms with Crippen LogP contribution in [0.3, 0.4) is 0 Å². The molecule has 2 heterocycles. The molecule has 0 N–H and O–H groups in total. The fourth-order valence-electron chi connectivity index (χ4n) is 4.64. The number of hydrogen-bond donors (Lipinski definition) is 0. The summed E-state index contributed by atoms with van der Waals surface area (Å²) < 4.78 is 7.97. The van der Waals surface area contributed by atoms with Gasteiger partial charge in [-0.2, -0.15) is 0 Å². The normalized spacial score (nSPS) is 19.1. The smallest absolute Gasteiger partial charge is 0.266 e. The van der Waals surface area contributed by atoms with Crippen LogP contribution >= 0.6 is 0 Å². The van der Waals surface area contributed by atoms with Crippen LogP contribution in [0.25, 0.3) is 21.9 Å². The van der Waals surface area contributed by atoms with Gasteiger partial charge in [0, 0.05) is 17.8 Å². The van der Waals surface area contributed by atoms with Gasteiger partial charge in [-0.15, -0.1) is 0 Å². The number of fused-ring (bicyclic) bond motifs is 2. The van der Waals surface area contributed by atoms with Crippen molar-refractivity contribution in [3.63, 3.8) is 0 Å². The molecule has 0 radical (unpaired) electrons. The molecule has 0 aliphatic heterocycles. The Hall–Kier alpha value is -2.36. The van der Waals surface area contributed by atoms with E-state index < -0.39 is 0 Å². The van der Waals surface area contributed by atoms with Gasteiger partial charge in [-0.05, 0) is 43.7 Å². The lowest BCUT2D eigenvalue weighted by Crippen LogP contribution is -2.33. The van der Waals surface area contributed by atoms with Crippen molar-refractivity contribution in [1.82, 2.24) is 4.57 Å². The van der Waals surface area contributed by atoms with E-state index in [9.17, 15) is 9.59 Å². The van der Waals surface area contributed by atoms with Gasteiger partial charge in [-0.3, -0.25) is 9.59 Å². The minimum atomic E-state index is -0.198. The number of para-hydroxylation sites is 1. The third kappa shape index (κ3) is 2.35. The van der Waals surface area contributed by atoms with Gasteiger partial charge < -0.3 is 8.98 Å². The number of nitrogens with zero attached hydrogens (tertiary/aromatic N) is 1. The van der Waals surface area contributed by atoms with Gasteiger partial charge in [-0.25, -0.2) is 0 Å². The van der Waals surface area contributed by atoms with Crippen molar-refractivity contribution in [2.75, 3.05) is 0 Å². The molecule has 5 rings (SSSR count). The van der Waals surface area contributed by atoms with Gasteiger partial charge >= 0.3 is 0 Å². The molecule has 4 heteroatoms. The molecule has 3 aromatic rings. The van der Waals surface area contributed by atoms with Crippen LogP contribution < -0.4 is 11.0 Å². The summed E-state index contributed by atoms with van der Waals surface area (Å²) in [5.41, 5.74) is 1.75. The van der Waals surface area contributed by atoms with Gasteiger partial charge in [-0.1, -0.05) is 37.8 Å². The Morgan fingerprint density at radius 2 is 1.65 bits per heavy atom. The summed E-state index contributed by atoms with van der Waals surface area (Å²) >= 11 is 0. The molecule has 0 spiro atoms. The maximum Gasteiger partial charge on any atom is 0.266 e. The van der Waals surface area contributed by atoms with E-state index in [0.29, 0.717) is 22.5 Å². The first-order chi connectivity index (χ1) is 12.7. The lowest BCUT2D eigenvalue weighted by Gasteiger charge is -2.33. The maximum atomic E-state index is 13.5. The molecule has 0 saturated heterocycles. The summed E-state index contributed by atoms with van der Waals surface area (Å²) in [6.45, 7) is 0. The summed E-state index contributed by atoms with van der Waals surface area (Å²) in [5, 5.41) is 0.709. The van der Waals surface area contributed by atoms with E-state index in [2.05, 4.69) is 0 Å². The summed E-state index contributed by atoms with van der Waals surface area (Å²) in [6.07, 6.45) is 9.07. The van der Waals surface area contributed by atoms with Crippen LogP contribution in [0.5, 0.6) is 0 Å². The van der Waals surface area contributed by atoms with Crippen LogP contribution in [-0.2, 0) is 0 Å². The largest absolute Gasteiger partial charge is 0.456 e. The standard InChI is InChI=1S/C22H23NO3/c24-21-16-11-4-5-12-18(16)26-19-13-17(14-7-6-8-14)23(22(25)20(19)21)15-9-2-1-3-10-15/h4-5,11-15H,1-3,6-10H2. The van der Waals surface area contributed by atoms with E-state index in [-0.39, 0.29) is 22.4 Å². The molecule has 0 unspecified atom stereocenters. The summed E-state index contributed by atoms with van der Waals surface area (Å²) in [5.74, 6) is 0.422. The van der Waals surface area contributed by atoms with Crippen molar-refractivity contribution in [3.05, 3.63) is 56.6 Å². The molecule has 1 aromatic carbocycles. The second-order valence-electron chi connectivity index (χ2n) is 7.83. The van der Waals surface area contributed by atoms with Crippen LogP contribution in [0.4, 0.5) is 0 Å². The average Bonchev–Trinajstić information content (AvgIpc) is 2.61. The number of hydrogen-bond acceptors (Lipinski definition) is 3. The Bertz CT molecular complexity index is 1100. The summed E-state index contributed by atoms with van der Waals surface area (Å²) in [7, 11) is 0. The highest BCUT2D eigenvalue weighted by Crippen LogP contribution is 2.39. The maximum absolute atomic E-state index is 13.5. The lowest BCUT2D eigenvalue weighted by molar-refractivity contribution is 0.314. The highest BCUT2D eigenvalue weighted by molar-refractivity contribution is 5.89. The number of pyridine rings is 1. The second kappa shape index (κ2) is 6.11. The van der Waals surface area contributed by atoms with Crippen LogP contribution in [0, 0.1) is 0 Å². The van der Waals surface area contributed by atoms with Crippen molar-refractivity contribution >= 4 is 21.9 Å². The molecule has 4 nitrogen and oxygen atoms in total. The quantitative estimate of drug-likeness (QED) is 0.620. The van der Waals surface area contributed by atoms with Crippen LogP contribution in [0.2, 0.25) is 0 Å². The van der Waals surface area contributed by atoms with Crippen LogP contribution in [0.1, 0.15) is 69.0 Å². The van der Waals surface area contributed by atoms with Crippen molar-refractivity contribution in [1.29, 1.82) is 0 Å². The van der Waals surface area contributed by atoms with Crippen LogP contribution in [-0.4, -0.2) is 4.57 Å². The first kappa shape index (κ1) is 15.9. The molecular formula is C22H23NO3. The van der Waals surface area contributed by atoms with Crippen molar-refractivity contribution in [3.8, 4) is 0 Å². The molecule has 2 fully saturated rings. The monoisotopic (exact) mass is 349 g/mol. The second-order valence-corrected chi connectivity index (χ2v) is 7.83. The van der Waals surface area contributed by atoms with Gasteiger partial charge in [0.05, 0.1) is 5.39 Å². The summed E-state index contributed by atoms with van der Waals surface area (Å²) in [6, 6.07) is 9.42. The topological polar surface area (TPSA) is 52.2 Å². The van der Waals surface area contributed by atoms with E-state index in [4.69, 9.17) is 4.42 Å². The molecule has 2 aliphatic carbocycles. The highest BCUT2D eigenvalue weighted by atomic mass is 16.3. The number of benzene rings is 1. The first-order valence-corrected chi connectivity index (χ1v) is 9.85. The molecule has 0 amide bonds. The number of aromatic nitrogens is 1. The van der Waals surface area contributed by atoms with E-state index in [1.807, 2.05) is 22.8 Å². The molecule has 2 aliphatic rings. The molecule has 134 valence electrons. The third-order valence-corrected chi connectivity index (χ3v) is 6.28.